The smallest absolute Gasteiger partial charge is 0.328 e. The van der Waals surface area contributed by atoms with E-state index in [2.05, 4.69) is 36.3 Å². The van der Waals surface area contributed by atoms with Gasteiger partial charge in [-0.3, -0.25) is 0 Å². The Morgan fingerprint density at radius 3 is 2.38 bits per heavy atom. The van der Waals surface area contributed by atoms with E-state index in [9.17, 15) is 9.59 Å². The number of thiophene rings is 1. The van der Waals surface area contributed by atoms with Gasteiger partial charge in [-0.2, -0.15) is 0 Å². The minimum absolute atomic E-state index is 0.514. The molecule has 2 aromatic heterocycles. The predicted molar refractivity (Wildman–Crippen MR) is 96.2 cm³/mol. The summed E-state index contributed by atoms with van der Waals surface area (Å²) in [6.07, 6.45) is 1.12. The number of thiazole rings is 1. The summed E-state index contributed by atoms with van der Waals surface area (Å²) in [6, 6.07) is 4.77. The van der Waals surface area contributed by atoms with E-state index < -0.39 is 11.9 Å². The van der Waals surface area contributed by atoms with Crippen molar-refractivity contribution >= 4 is 39.7 Å². The number of carboxylic acid groups (broad SMARTS) is 2. The quantitative estimate of drug-likeness (QED) is 0.577. The van der Waals surface area contributed by atoms with Crippen molar-refractivity contribution in [3.05, 3.63) is 34.5 Å². The Labute approximate surface area is 147 Å². The van der Waals surface area contributed by atoms with Gasteiger partial charge in [0.1, 0.15) is 0 Å². The molecule has 0 saturated heterocycles. The standard InChI is InChI=1S/C11H15N3S2.C4H4O4/c1-7(2)13-5-8-3-4-10(16-8)9-6-15-11(12)14-9;5-3(6)1-2-4(7)8/h3-4,6-7,13H,5H2,1-2H3,(H2,12,14);1-2H,(H,5,6)(H,7,8)/b;2-1-. The molecule has 0 unspecified atom stereocenters. The maximum atomic E-state index is 9.55. The number of nitrogens with two attached hydrogens (primary N) is 1. The number of rotatable bonds is 6. The van der Waals surface area contributed by atoms with Gasteiger partial charge in [-0.25, -0.2) is 14.6 Å². The largest absolute Gasteiger partial charge is 0.478 e. The van der Waals surface area contributed by atoms with Crippen molar-refractivity contribution in [1.82, 2.24) is 10.3 Å². The van der Waals surface area contributed by atoms with E-state index in [-0.39, 0.29) is 0 Å². The lowest BCUT2D eigenvalue weighted by Crippen LogP contribution is -2.21. The first kappa shape index (κ1) is 19.8. The maximum absolute atomic E-state index is 9.55. The van der Waals surface area contributed by atoms with Crippen LogP contribution in [0.15, 0.2) is 29.7 Å². The number of carbonyl (C=O) groups is 2. The van der Waals surface area contributed by atoms with Gasteiger partial charge >= 0.3 is 11.9 Å². The first-order chi connectivity index (χ1) is 11.3. The normalized spacial score (nSPS) is 10.6. The van der Waals surface area contributed by atoms with Crippen molar-refractivity contribution < 1.29 is 19.8 Å². The third-order valence-electron chi connectivity index (χ3n) is 2.49. The SMILES string of the molecule is CC(C)NCc1ccc(-c2csc(N)n2)s1.O=C(O)/C=C\C(=O)O. The van der Waals surface area contributed by atoms with Crippen LogP contribution in [0.5, 0.6) is 0 Å². The van der Waals surface area contributed by atoms with Crippen molar-refractivity contribution in [3.8, 4) is 10.6 Å². The van der Waals surface area contributed by atoms with Gasteiger partial charge in [0.2, 0.25) is 0 Å². The van der Waals surface area contributed by atoms with E-state index in [0.717, 1.165) is 12.2 Å². The molecule has 9 heteroatoms. The molecule has 0 amide bonds. The topological polar surface area (TPSA) is 126 Å². The molecule has 7 nitrogen and oxygen atoms in total. The van der Waals surface area contributed by atoms with Crippen molar-refractivity contribution in [2.75, 3.05) is 5.73 Å². The van der Waals surface area contributed by atoms with E-state index in [1.54, 1.807) is 11.3 Å². The minimum Gasteiger partial charge on any atom is -0.478 e. The molecule has 0 atom stereocenters. The van der Waals surface area contributed by atoms with Gasteiger partial charge in [0, 0.05) is 35.0 Å². The van der Waals surface area contributed by atoms with Crippen molar-refractivity contribution in [2.24, 2.45) is 0 Å². The molecular formula is C15H19N3O4S2. The summed E-state index contributed by atoms with van der Waals surface area (Å²) in [6.45, 7) is 5.22. The summed E-state index contributed by atoms with van der Waals surface area (Å²) in [4.78, 5) is 25.9. The molecule has 5 N–H and O–H groups in total. The number of aromatic nitrogens is 1. The van der Waals surface area contributed by atoms with Crippen molar-refractivity contribution in [1.29, 1.82) is 0 Å². The Morgan fingerprint density at radius 2 is 1.92 bits per heavy atom. The Morgan fingerprint density at radius 1 is 1.29 bits per heavy atom. The Kier molecular flexibility index (Phi) is 8.10. The van der Waals surface area contributed by atoms with Crippen LogP contribution >= 0.6 is 22.7 Å². The summed E-state index contributed by atoms with van der Waals surface area (Å²) in [5, 5.41) is 21.7. The fourth-order valence-electron chi connectivity index (χ4n) is 1.46. The van der Waals surface area contributed by atoms with Crippen LogP contribution < -0.4 is 11.1 Å². The van der Waals surface area contributed by atoms with Crippen LogP contribution in [0.2, 0.25) is 0 Å². The number of aliphatic carboxylic acids is 2. The van der Waals surface area contributed by atoms with Crippen LogP contribution in [0.1, 0.15) is 18.7 Å². The first-order valence-corrected chi connectivity index (χ1v) is 8.65. The van der Waals surface area contributed by atoms with Gasteiger partial charge in [-0.05, 0) is 12.1 Å². The number of nitrogens with one attached hydrogen (secondary N) is 1. The molecule has 2 heterocycles. The van der Waals surface area contributed by atoms with Gasteiger partial charge in [0.05, 0.1) is 10.6 Å². The molecule has 2 rings (SSSR count). The molecule has 0 aliphatic rings. The second kappa shape index (κ2) is 9.81. The molecular weight excluding hydrogens is 350 g/mol. The van der Waals surface area contributed by atoms with Gasteiger partial charge in [-0.15, -0.1) is 22.7 Å². The number of hydrogen-bond donors (Lipinski definition) is 4. The second-order valence-electron chi connectivity index (χ2n) is 4.88. The first-order valence-electron chi connectivity index (χ1n) is 6.95. The summed E-state index contributed by atoms with van der Waals surface area (Å²) in [5.41, 5.74) is 6.61. The molecule has 0 bridgehead atoms. The monoisotopic (exact) mass is 369 g/mol. The highest BCUT2D eigenvalue weighted by atomic mass is 32.1. The average molecular weight is 369 g/mol. The second-order valence-corrected chi connectivity index (χ2v) is 6.94. The molecule has 0 saturated carbocycles. The number of nitrogens with zero attached hydrogens (tertiary/aromatic N) is 1. The number of anilines is 1. The molecule has 24 heavy (non-hydrogen) atoms. The van der Waals surface area contributed by atoms with Gasteiger partial charge in [-0.1, -0.05) is 13.8 Å². The summed E-state index contributed by atoms with van der Waals surface area (Å²) in [5.74, 6) is -2.51. The molecule has 0 fully saturated rings. The highest BCUT2D eigenvalue weighted by Gasteiger charge is 2.06. The highest BCUT2D eigenvalue weighted by Crippen LogP contribution is 2.29. The third kappa shape index (κ3) is 7.86. The molecule has 0 aliphatic heterocycles. The Hall–Kier alpha value is -2.23. The summed E-state index contributed by atoms with van der Waals surface area (Å²) >= 11 is 3.25. The third-order valence-corrected chi connectivity index (χ3v) is 4.27. The number of nitrogen functional groups attached to an aromatic ring is 1. The van der Waals surface area contributed by atoms with E-state index in [1.807, 2.05) is 5.38 Å². The maximum Gasteiger partial charge on any atom is 0.328 e. The van der Waals surface area contributed by atoms with Crippen LogP contribution in [0.25, 0.3) is 10.6 Å². The van der Waals surface area contributed by atoms with Gasteiger partial charge in [0.15, 0.2) is 5.13 Å². The molecule has 130 valence electrons. The van der Waals surface area contributed by atoms with Crippen molar-refractivity contribution in [2.45, 2.75) is 26.4 Å². The van der Waals surface area contributed by atoms with Crippen LogP contribution in [0, 0.1) is 0 Å². The molecule has 2 aromatic rings. The fourth-order valence-corrected chi connectivity index (χ4v) is 3.02. The molecule has 0 aliphatic carbocycles. The zero-order valence-corrected chi connectivity index (χ0v) is 14.9. The van der Waals surface area contributed by atoms with Crippen LogP contribution in [0.3, 0.4) is 0 Å². The number of hydrogen-bond acceptors (Lipinski definition) is 7. The highest BCUT2D eigenvalue weighted by molar-refractivity contribution is 7.16. The minimum atomic E-state index is -1.26. The summed E-state index contributed by atoms with van der Waals surface area (Å²) < 4.78 is 0. The zero-order chi connectivity index (χ0) is 18.1. The van der Waals surface area contributed by atoms with E-state index in [4.69, 9.17) is 15.9 Å². The van der Waals surface area contributed by atoms with Gasteiger partial charge < -0.3 is 21.3 Å². The molecule has 0 radical (unpaired) electrons. The van der Waals surface area contributed by atoms with E-state index in [1.165, 1.54) is 21.1 Å². The van der Waals surface area contributed by atoms with Crippen LogP contribution in [-0.2, 0) is 16.1 Å². The van der Waals surface area contributed by atoms with E-state index in [0.29, 0.717) is 23.3 Å². The van der Waals surface area contributed by atoms with Gasteiger partial charge in [0.25, 0.3) is 0 Å². The Bertz CT molecular complexity index is 691. The fraction of sp³-hybridized carbons (Fsp3) is 0.267. The van der Waals surface area contributed by atoms with Crippen LogP contribution in [0.4, 0.5) is 5.13 Å². The van der Waals surface area contributed by atoms with Crippen LogP contribution in [-0.4, -0.2) is 33.2 Å². The Balaban J connectivity index is 0.000000307. The van der Waals surface area contributed by atoms with Crippen molar-refractivity contribution in [3.63, 3.8) is 0 Å². The average Bonchev–Trinajstić information content (AvgIpc) is 3.12. The summed E-state index contributed by atoms with van der Waals surface area (Å²) in [7, 11) is 0. The lowest BCUT2D eigenvalue weighted by Gasteiger charge is -2.05. The zero-order valence-electron chi connectivity index (χ0n) is 13.2. The number of carboxylic acids is 2. The molecule has 0 aromatic carbocycles. The lowest BCUT2D eigenvalue weighted by atomic mass is 10.3. The lowest BCUT2D eigenvalue weighted by molar-refractivity contribution is -0.134. The predicted octanol–water partition coefficient (Wildman–Crippen LogP) is 2.66. The molecule has 0 spiro atoms. The van der Waals surface area contributed by atoms with E-state index >= 15 is 0 Å².